The zero-order valence-electron chi connectivity index (χ0n) is 3.99. The zero-order valence-corrected chi connectivity index (χ0v) is 2.99. The Hall–Kier alpha value is -0.810. The molecular weight excluding hydrogens is 84.0 g/mol. The van der Waals surface area contributed by atoms with Crippen LogP contribution >= 0.6 is 0 Å². The predicted octanol–water partition coefficient (Wildman–Crippen LogP) is -1.97. The standard InChI is InChI=1S/CH6N4O/c2-4-1(6)5-3/h2-3H2,(H2,4,5,6)/i/hD. The highest BCUT2D eigenvalue weighted by Gasteiger charge is 1.82. The Kier molecular flexibility index (Phi) is 1.37. The number of nitrogens with one attached hydrogen (secondary N) is 2. The maximum atomic E-state index is 9.88. The second kappa shape index (κ2) is 2.43. The van der Waals surface area contributed by atoms with Crippen LogP contribution in [0.15, 0.2) is 0 Å². The second-order valence-corrected chi connectivity index (χ2v) is 0.598. The lowest BCUT2D eigenvalue weighted by Gasteiger charge is -1.90. The molecular formula is CH6N4O. The van der Waals surface area contributed by atoms with E-state index < -0.39 is 6.03 Å². The summed E-state index contributed by atoms with van der Waals surface area (Å²) in [6.07, 6.45) is 0. The normalized spacial score (nSPS) is 9.17. The number of hydrogen-bond donors (Lipinski definition) is 4. The van der Waals surface area contributed by atoms with E-state index in [2.05, 4.69) is 5.84 Å². The first-order valence-electron chi connectivity index (χ1n) is 1.74. The van der Waals surface area contributed by atoms with Gasteiger partial charge in [0.15, 0.2) is 0 Å². The molecule has 0 aromatic carbocycles. The summed E-state index contributed by atoms with van der Waals surface area (Å²) in [5.74, 6) is 6.20. The number of carbonyl (C=O) groups excluding carboxylic acids is 1. The van der Waals surface area contributed by atoms with Gasteiger partial charge in [-0.05, 0) is 0 Å². The van der Waals surface area contributed by atoms with E-state index in [-0.39, 0.29) is 0 Å². The summed E-state index contributed by atoms with van der Waals surface area (Å²) in [6, 6.07) is -0.644. The molecule has 0 saturated carbocycles. The van der Waals surface area contributed by atoms with Gasteiger partial charge in [0.1, 0.15) is 1.41 Å². The van der Waals surface area contributed by atoms with Gasteiger partial charge >= 0.3 is 6.03 Å². The highest BCUT2D eigenvalue weighted by molar-refractivity contribution is 5.72. The van der Waals surface area contributed by atoms with Crippen molar-refractivity contribution in [1.82, 2.24) is 10.9 Å². The molecule has 5 heteroatoms. The molecule has 0 fully saturated rings. The Bertz CT molecular complexity index is 64.7. The topological polar surface area (TPSA) is 93.2 Å². The largest absolute Gasteiger partial charge is 0.343 e. The van der Waals surface area contributed by atoms with Crippen molar-refractivity contribution in [2.24, 2.45) is 11.7 Å². The van der Waals surface area contributed by atoms with Crippen LogP contribution in [0, 0.1) is 0 Å². The molecule has 5 nitrogen and oxygen atoms in total. The van der Waals surface area contributed by atoms with Crippen LogP contribution in [-0.4, -0.2) is 6.03 Å². The molecule has 0 unspecified atom stereocenters. The monoisotopic (exact) mass is 91.1 g/mol. The van der Waals surface area contributed by atoms with Gasteiger partial charge in [0.2, 0.25) is 0 Å². The summed E-state index contributed by atoms with van der Waals surface area (Å²) < 4.78 is 6.16. The van der Waals surface area contributed by atoms with E-state index in [1.165, 1.54) is 0 Å². The summed E-state index contributed by atoms with van der Waals surface area (Å²) >= 11 is 0. The van der Waals surface area contributed by atoms with Crippen molar-refractivity contribution in [3.05, 3.63) is 0 Å². The van der Waals surface area contributed by atoms with Crippen molar-refractivity contribution in [3.63, 3.8) is 0 Å². The molecule has 0 spiro atoms. The van der Waals surface area contributed by atoms with Crippen LogP contribution in [0.1, 0.15) is 0 Å². The molecule has 0 aromatic heterocycles. The number of hydrazine groups is 2. The number of nitrogens with two attached hydrogens (primary N) is 2. The number of urea groups is 1. The van der Waals surface area contributed by atoms with Gasteiger partial charge < -0.3 is 0 Å². The molecule has 2 amide bonds. The van der Waals surface area contributed by atoms with Gasteiger partial charge in [-0.25, -0.2) is 16.5 Å². The van der Waals surface area contributed by atoms with Crippen LogP contribution in [0.2, 0.25) is 1.41 Å². The van der Waals surface area contributed by atoms with Crippen LogP contribution in [0.3, 0.4) is 0 Å². The van der Waals surface area contributed by atoms with E-state index in [9.17, 15) is 4.79 Å². The number of hydrogen-bond acceptors (Lipinski definition) is 3. The zero-order chi connectivity index (χ0) is 5.70. The van der Waals surface area contributed by atoms with Crippen molar-refractivity contribution < 1.29 is 6.21 Å². The van der Waals surface area contributed by atoms with Gasteiger partial charge in [-0.3, -0.25) is 10.9 Å². The van der Waals surface area contributed by atoms with Crippen molar-refractivity contribution in [1.29, 1.82) is 0 Å². The molecule has 0 bridgehead atoms. The second-order valence-electron chi connectivity index (χ2n) is 0.598. The SMILES string of the molecule is [2H]NNC(=O)NN. The fourth-order valence-electron chi connectivity index (χ4n) is 0.0361. The maximum Gasteiger partial charge on any atom is 0.343 e. The Morgan fingerprint density at radius 3 is 2.67 bits per heavy atom. The molecule has 0 aliphatic rings. The first-order chi connectivity index (χ1) is 3.31. The molecule has 0 radical (unpaired) electrons. The van der Waals surface area contributed by atoms with Crippen LogP contribution in [0.25, 0.3) is 0 Å². The highest BCUT2D eigenvalue weighted by Crippen LogP contribution is 1.42. The molecule has 0 aliphatic heterocycles. The molecule has 0 atom stereocenters. The van der Waals surface area contributed by atoms with Crippen molar-refractivity contribution in [3.8, 4) is 0 Å². The van der Waals surface area contributed by atoms with Gasteiger partial charge in [0.25, 0.3) is 0 Å². The van der Waals surface area contributed by atoms with E-state index in [0.29, 0.717) is 0 Å². The third-order valence-corrected chi connectivity index (χ3v) is 0.245. The van der Waals surface area contributed by atoms with Crippen molar-refractivity contribution in [2.75, 3.05) is 0 Å². The van der Waals surface area contributed by atoms with Gasteiger partial charge in [-0.2, -0.15) is 0 Å². The first kappa shape index (κ1) is 3.38. The maximum absolute atomic E-state index is 9.88. The lowest BCUT2D eigenvalue weighted by Crippen LogP contribution is -2.43. The predicted molar refractivity (Wildman–Crippen MR) is 20.0 cm³/mol. The molecule has 0 aliphatic carbocycles. The molecule has 36 valence electrons. The Morgan fingerprint density at radius 1 is 1.83 bits per heavy atom. The number of rotatable bonds is 1. The molecule has 0 saturated heterocycles. The van der Waals surface area contributed by atoms with Crippen molar-refractivity contribution in [2.45, 2.75) is 0 Å². The summed E-state index contributed by atoms with van der Waals surface area (Å²) in [4.78, 5) is 9.88. The fourth-order valence-corrected chi connectivity index (χ4v) is 0.0361. The summed E-state index contributed by atoms with van der Waals surface area (Å²) in [5.41, 5.74) is 3.57. The smallest absolute Gasteiger partial charge is 0.275 e. The quantitative estimate of drug-likeness (QED) is 0.171. The average Bonchev–Trinajstić information content (AvgIpc) is 1.68. The Morgan fingerprint density at radius 2 is 2.50 bits per heavy atom. The Balaban J connectivity index is 3.00. The molecule has 6 N–H and O–H groups in total. The van der Waals surface area contributed by atoms with Crippen molar-refractivity contribution >= 4 is 6.03 Å². The van der Waals surface area contributed by atoms with Crippen LogP contribution in [-0.2, 0) is 0 Å². The van der Waals surface area contributed by atoms with E-state index >= 15 is 0 Å². The molecule has 0 heterocycles. The summed E-state index contributed by atoms with van der Waals surface area (Å²) in [7, 11) is 0. The lowest BCUT2D eigenvalue weighted by atomic mass is 11.1. The van der Waals surface area contributed by atoms with E-state index in [4.69, 9.17) is 1.41 Å². The minimum Gasteiger partial charge on any atom is -0.275 e. The van der Waals surface area contributed by atoms with E-state index in [1.807, 2.05) is 5.43 Å². The van der Waals surface area contributed by atoms with Gasteiger partial charge in [0.05, 0.1) is 0 Å². The molecule has 6 heavy (non-hydrogen) atoms. The van der Waals surface area contributed by atoms with E-state index in [0.717, 1.165) is 0 Å². The lowest BCUT2D eigenvalue weighted by molar-refractivity contribution is 0.241. The fraction of sp³-hybridized carbons (Fsp3) is 0. The van der Waals surface area contributed by atoms with Gasteiger partial charge in [-0.1, -0.05) is 0 Å². The average molecular weight is 91.1 g/mol. The number of carbonyl (C=O) groups is 1. The third-order valence-electron chi connectivity index (χ3n) is 0.245. The minimum atomic E-state index is -0.644. The minimum absolute atomic E-state index is 0.644. The van der Waals surface area contributed by atoms with Crippen LogP contribution in [0.5, 0.6) is 0 Å². The van der Waals surface area contributed by atoms with Crippen LogP contribution < -0.4 is 22.5 Å². The van der Waals surface area contributed by atoms with Gasteiger partial charge in [-0.15, -0.1) is 0 Å². The Labute approximate surface area is 36.1 Å². The third kappa shape index (κ3) is 1.50. The summed E-state index contributed by atoms with van der Waals surface area (Å²) in [5, 5.41) is 0. The number of amides is 2. The van der Waals surface area contributed by atoms with E-state index in [1.54, 1.807) is 11.3 Å². The summed E-state index contributed by atoms with van der Waals surface area (Å²) in [6.45, 7) is 0. The van der Waals surface area contributed by atoms with Crippen LogP contribution in [0.4, 0.5) is 4.79 Å². The highest BCUT2D eigenvalue weighted by atomic mass is 16.2. The van der Waals surface area contributed by atoms with Gasteiger partial charge in [0, 0.05) is 0 Å². The first-order valence-corrected chi connectivity index (χ1v) is 1.24. The molecule has 0 rings (SSSR count). The molecule has 0 aromatic rings.